The topological polar surface area (TPSA) is 61.8 Å². The van der Waals surface area contributed by atoms with Gasteiger partial charge in [0, 0.05) is 25.8 Å². The third kappa shape index (κ3) is 3.83. The van der Waals surface area contributed by atoms with E-state index in [1.165, 1.54) is 0 Å². The van der Waals surface area contributed by atoms with Gasteiger partial charge in [-0.05, 0) is 45.4 Å². The molecule has 5 nitrogen and oxygen atoms in total. The number of amides is 2. The van der Waals surface area contributed by atoms with Crippen molar-refractivity contribution < 1.29 is 14.6 Å². The van der Waals surface area contributed by atoms with Gasteiger partial charge in [-0.2, -0.15) is 0 Å². The number of hydrogen-bond donors (Lipinski definition) is 2. The number of nitrogens with zero attached hydrogens (tertiary/aromatic N) is 1. The molecule has 0 aromatic heterocycles. The fraction of sp³-hybridized carbons (Fsp3) is 0.929. The van der Waals surface area contributed by atoms with E-state index in [2.05, 4.69) is 5.32 Å². The summed E-state index contributed by atoms with van der Waals surface area (Å²) in [6.45, 7) is 3.77. The van der Waals surface area contributed by atoms with Crippen molar-refractivity contribution in [2.45, 2.75) is 63.6 Å². The third-order valence-corrected chi connectivity index (χ3v) is 4.22. The van der Waals surface area contributed by atoms with E-state index in [0.717, 1.165) is 45.3 Å². The number of nitrogens with one attached hydrogen (secondary N) is 1. The first-order chi connectivity index (χ1) is 9.22. The minimum atomic E-state index is 0.00106. The Morgan fingerprint density at radius 2 is 2.26 bits per heavy atom. The van der Waals surface area contributed by atoms with E-state index in [1.807, 2.05) is 11.8 Å². The lowest BCUT2D eigenvalue weighted by Crippen LogP contribution is -2.53. The highest BCUT2D eigenvalue weighted by Crippen LogP contribution is 2.20. The maximum absolute atomic E-state index is 12.3. The van der Waals surface area contributed by atoms with E-state index in [1.54, 1.807) is 0 Å². The first kappa shape index (κ1) is 14.6. The van der Waals surface area contributed by atoms with Gasteiger partial charge in [-0.15, -0.1) is 0 Å². The molecule has 5 heteroatoms. The molecular formula is C14H26N2O3. The van der Waals surface area contributed by atoms with Crippen molar-refractivity contribution in [3.8, 4) is 0 Å². The number of aliphatic hydroxyl groups excluding tert-OH is 1. The normalized spacial score (nSPS) is 29.3. The van der Waals surface area contributed by atoms with E-state index in [4.69, 9.17) is 9.84 Å². The van der Waals surface area contributed by atoms with Crippen LogP contribution in [0.3, 0.4) is 0 Å². The quantitative estimate of drug-likeness (QED) is 0.814. The zero-order valence-electron chi connectivity index (χ0n) is 11.8. The second-order valence-electron chi connectivity index (χ2n) is 5.64. The summed E-state index contributed by atoms with van der Waals surface area (Å²) in [7, 11) is 0. The molecule has 0 radical (unpaired) electrons. The summed E-state index contributed by atoms with van der Waals surface area (Å²) in [4.78, 5) is 14.2. The largest absolute Gasteiger partial charge is 0.396 e. The van der Waals surface area contributed by atoms with Crippen LogP contribution < -0.4 is 5.32 Å². The zero-order valence-corrected chi connectivity index (χ0v) is 11.8. The third-order valence-electron chi connectivity index (χ3n) is 4.22. The Morgan fingerprint density at radius 3 is 2.95 bits per heavy atom. The molecule has 0 aromatic carbocycles. The van der Waals surface area contributed by atoms with Crippen LogP contribution in [-0.4, -0.2) is 54.0 Å². The van der Waals surface area contributed by atoms with Gasteiger partial charge in [0.25, 0.3) is 0 Å². The average Bonchev–Trinajstić information content (AvgIpc) is 2.93. The molecule has 110 valence electrons. The van der Waals surface area contributed by atoms with Gasteiger partial charge in [0.15, 0.2) is 0 Å². The Hall–Kier alpha value is -0.810. The molecule has 2 N–H and O–H groups in total. The highest BCUT2D eigenvalue weighted by molar-refractivity contribution is 5.75. The lowest BCUT2D eigenvalue weighted by atomic mass is 10.00. The molecule has 0 aromatic rings. The Kier molecular flexibility index (Phi) is 5.45. The summed E-state index contributed by atoms with van der Waals surface area (Å²) in [6, 6.07) is 0.253. The molecule has 2 rings (SSSR count). The van der Waals surface area contributed by atoms with Gasteiger partial charge >= 0.3 is 6.03 Å². The van der Waals surface area contributed by atoms with Crippen LogP contribution in [0.15, 0.2) is 0 Å². The highest BCUT2D eigenvalue weighted by Gasteiger charge is 2.29. The van der Waals surface area contributed by atoms with Crippen LogP contribution in [-0.2, 0) is 4.74 Å². The molecule has 0 saturated carbocycles. The molecule has 2 saturated heterocycles. The molecule has 2 heterocycles. The molecule has 19 heavy (non-hydrogen) atoms. The predicted octanol–water partition coefficient (Wildman–Crippen LogP) is 1.50. The fourth-order valence-electron chi connectivity index (χ4n) is 3.08. The smallest absolute Gasteiger partial charge is 0.317 e. The van der Waals surface area contributed by atoms with Crippen molar-refractivity contribution >= 4 is 6.03 Å². The number of carbonyl (C=O) groups excluding carboxylic acids is 1. The number of carbonyl (C=O) groups is 1. The van der Waals surface area contributed by atoms with Crippen molar-refractivity contribution in [2.75, 3.05) is 19.8 Å². The summed E-state index contributed by atoms with van der Waals surface area (Å²) in [5.41, 5.74) is 0. The molecule has 2 aliphatic rings. The van der Waals surface area contributed by atoms with Gasteiger partial charge in [-0.1, -0.05) is 0 Å². The lowest BCUT2D eigenvalue weighted by molar-refractivity contribution is 0.0783. The predicted molar refractivity (Wildman–Crippen MR) is 73.0 cm³/mol. The summed E-state index contributed by atoms with van der Waals surface area (Å²) < 4.78 is 5.60. The van der Waals surface area contributed by atoms with Crippen molar-refractivity contribution in [3.05, 3.63) is 0 Å². The van der Waals surface area contributed by atoms with Crippen molar-refractivity contribution in [3.63, 3.8) is 0 Å². The fourth-order valence-corrected chi connectivity index (χ4v) is 3.08. The van der Waals surface area contributed by atoms with Crippen LogP contribution in [0.1, 0.15) is 45.4 Å². The Balaban J connectivity index is 1.85. The molecule has 0 spiro atoms. The van der Waals surface area contributed by atoms with Gasteiger partial charge in [0.05, 0.1) is 12.1 Å². The van der Waals surface area contributed by atoms with Gasteiger partial charge in [0.1, 0.15) is 0 Å². The molecule has 0 bridgehead atoms. The molecular weight excluding hydrogens is 244 g/mol. The van der Waals surface area contributed by atoms with E-state index in [-0.39, 0.29) is 30.8 Å². The van der Waals surface area contributed by atoms with Crippen LogP contribution in [0.5, 0.6) is 0 Å². The van der Waals surface area contributed by atoms with E-state index >= 15 is 0 Å². The van der Waals surface area contributed by atoms with Crippen LogP contribution in [0, 0.1) is 0 Å². The maximum Gasteiger partial charge on any atom is 0.317 e. The van der Waals surface area contributed by atoms with Crippen LogP contribution >= 0.6 is 0 Å². The summed E-state index contributed by atoms with van der Waals surface area (Å²) in [6.07, 6.45) is 6.16. The second kappa shape index (κ2) is 7.10. The Labute approximate surface area is 115 Å². The van der Waals surface area contributed by atoms with Crippen LogP contribution in [0.4, 0.5) is 4.79 Å². The molecule has 0 aliphatic carbocycles. The van der Waals surface area contributed by atoms with Gasteiger partial charge in [0.2, 0.25) is 0 Å². The van der Waals surface area contributed by atoms with Crippen molar-refractivity contribution in [1.82, 2.24) is 10.2 Å². The highest BCUT2D eigenvalue weighted by atomic mass is 16.5. The average molecular weight is 270 g/mol. The summed E-state index contributed by atoms with van der Waals surface area (Å²) >= 11 is 0. The first-order valence-electron chi connectivity index (χ1n) is 7.52. The van der Waals surface area contributed by atoms with E-state index in [0.29, 0.717) is 6.42 Å². The zero-order chi connectivity index (χ0) is 13.7. The first-order valence-corrected chi connectivity index (χ1v) is 7.52. The van der Waals surface area contributed by atoms with Gasteiger partial charge in [-0.25, -0.2) is 4.79 Å². The standard InChI is InChI=1S/C14H26N2O3/c1-11(13-6-4-10-19-13)15-14(18)16-8-3-2-5-12(16)7-9-17/h11-13,17H,2-10H2,1H3,(H,15,18). The molecule has 2 aliphatic heterocycles. The second-order valence-corrected chi connectivity index (χ2v) is 5.64. The number of urea groups is 1. The Bertz CT molecular complexity index is 290. The number of piperidine rings is 1. The number of rotatable bonds is 4. The van der Waals surface area contributed by atoms with Crippen molar-refractivity contribution in [1.29, 1.82) is 0 Å². The molecule has 3 atom stereocenters. The number of hydrogen-bond acceptors (Lipinski definition) is 3. The maximum atomic E-state index is 12.3. The number of ether oxygens (including phenoxy) is 1. The summed E-state index contributed by atoms with van der Waals surface area (Å²) in [5.74, 6) is 0. The van der Waals surface area contributed by atoms with Gasteiger partial charge in [-0.3, -0.25) is 0 Å². The minimum absolute atomic E-state index is 0.00106. The van der Waals surface area contributed by atoms with Crippen LogP contribution in [0.25, 0.3) is 0 Å². The SMILES string of the molecule is CC(NC(=O)N1CCCCC1CCO)C1CCCO1. The molecule has 2 amide bonds. The number of likely N-dealkylation sites (tertiary alicyclic amines) is 1. The van der Waals surface area contributed by atoms with Crippen LogP contribution in [0.2, 0.25) is 0 Å². The van der Waals surface area contributed by atoms with E-state index < -0.39 is 0 Å². The molecule has 3 unspecified atom stereocenters. The van der Waals surface area contributed by atoms with Gasteiger partial charge < -0.3 is 20.1 Å². The van der Waals surface area contributed by atoms with Crippen molar-refractivity contribution in [2.24, 2.45) is 0 Å². The summed E-state index contributed by atoms with van der Waals surface area (Å²) in [5, 5.41) is 12.2. The minimum Gasteiger partial charge on any atom is -0.396 e. The number of aliphatic hydroxyl groups is 1. The monoisotopic (exact) mass is 270 g/mol. The Morgan fingerprint density at radius 1 is 1.42 bits per heavy atom. The molecule has 2 fully saturated rings. The van der Waals surface area contributed by atoms with E-state index in [9.17, 15) is 4.79 Å². The lowest BCUT2D eigenvalue weighted by Gasteiger charge is -2.36.